The molecule has 0 radical (unpaired) electrons. The molecule has 8 heteroatoms. The Morgan fingerprint density at radius 2 is 2.38 bits per heavy atom. The van der Waals surface area contributed by atoms with Gasteiger partial charge in [-0.15, -0.1) is 11.3 Å². The minimum atomic E-state index is -0.203. The molecule has 0 saturated heterocycles. The van der Waals surface area contributed by atoms with Gasteiger partial charge in [-0.25, -0.2) is 4.98 Å². The lowest BCUT2D eigenvalue weighted by Crippen LogP contribution is -2.26. The number of aromatic nitrogens is 1. The second-order valence-corrected chi connectivity index (χ2v) is 6.34. The van der Waals surface area contributed by atoms with Crippen molar-refractivity contribution < 1.29 is 9.53 Å². The van der Waals surface area contributed by atoms with E-state index < -0.39 is 0 Å². The van der Waals surface area contributed by atoms with E-state index >= 15 is 0 Å². The van der Waals surface area contributed by atoms with Crippen LogP contribution in [0, 0.1) is 0 Å². The molecule has 1 unspecified atom stereocenters. The number of nitrogens with two attached hydrogens (primary N) is 1. The van der Waals surface area contributed by atoms with Crippen molar-refractivity contribution in [3.8, 4) is 0 Å². The van der Waals surface area contributed by atoms with Crippen LogP contribution >= 0.6 is 22.7 Å². The third-order valence-corrected chi connectivity index (χ3v) is 4.84. The molecule has 0 bridgehead atoms. The smallest absolute Gasteiger partial charge is 0.265 e. The number of rotatable bonds is 7. The Labute approximate surface area is 131 Å². The van der Waals surface area contributed by atoms with E-state index in [0.29, 0.717) is 23.2 Å². The SMILES string of the molecule is COCCNc1nc(N)c(C(=O)NC(C)c2cccs2)s1. The number of nitrogen functional groups attached to an aromatic ring is 1. The van der Waals surface area contributed by atoms with E-state index in [1.807, 2.05) is 24.4 Å². The van der Waals surface area contributed by atoms with Gasteiger partial charge in [0, 0.05) is 18.5 Å². The number of hydrogen-bond donors (Lipinski definition) is 3. The molecule has 0 saturated carbocycles. The van der Waals surface area contributed by atoms with Gasteiger partial charge in [0.25, 0.3) is 5.91 Å². The topological polar surface area (TPSA) is 89.3 Å². The second kappa shape index (κ2) is 7.39. The van der Waals surface area contributed by atoms with Gasteiger partial charge in [0.1, 0.15) is 10.7 Å². The van der Waals surface area contributed by atoms with Crippen molar-refractivity contribution in [1.82, 2.24) is 10.3 Å². The highest BCUT2D eigenvalue weighted by molar-refractivity contribution is 7.18. The normalized spacial score (nSPS) is 12.1. The summed E-state index contributed by atoms with van der Waals surface area (Å²) in [5, 5.41) is 8.60. The van der Waals surface area contributed by atoms with Crippen LogP contribution in [0.3, 0.4) is 0 Å². The largest absolute Gasteiger partial charge is 0.383 e. The van der Waals surface area contributed by atoms with Crippen LogP contribution in [0.25, 0.3) is 0 Å². The van der Waals surface area contributed by atoms with Crippen LogP contribution in [-0.2, 0) is 4.74 Å². The maximum absolute atomic E-state index is 12.2. The average molecular weight is 326 g/mol. The predicted octanol–water partition coefficient (Wildman–Crippen LogP) is 2.34. The number of methoxy groups -OCH3 is 1. The molecule has 4 N–H and O–H groups in total. The Morgan fingerprint density at radius 3 is 3.05 bits per heavy atom. The zero-order valence-corrected chi connectivity index (χ0v) is 13.5. The molecule has 21 heavy (non-hydrogen) atoms. The van der Waals surface area contributed by atoms with Gasteiger partial charge in [-0.1, -0.05) is 17.4 Å². The molecular formula is C13H18N4O2S2. The lowest BCUT2D eigenvalue weighted by molar-refractivity contribution is 0.0945. The lowest BCUT2D eigenvalue weighted by Gasteiger charge is -2.11. The number of thiophene rings is 1. The third kappa shape index (κ3) is 4.16. The highest BCUT2D eigenvalue weighted by Gasteiger charge is 2.18. The summed E-state index contributed by atoms with van der Waals surface area (Å²) in [7, 11) is 1.63. The van der Waals surface area contributed by atoms with Gasteiger partial charge in [-0.05, 0) is 18.4 Å². The number of ether oxygens (including phenoxy) is 1. The fourth-order valence-corrected chi connectivity index (χ4v) is 3.25. The second-order valence-electron chi connectivity index (χ2n) is 4.36. The lowest BCUT2D eigenvalue weighted by atomic mass is 10.2. The molecule has 2 rings (SSSR count). The van der Waals surface area contributed by atoms with Gasteiger partial charge in [-0.3, -0.25) is 4.79 Å². The maximum Gasteiger partial charge on any atom is 0.265 e. The molecule has 1 atom stereocenters. The maximum atomic E-state index is 12.2. The zero-order chi connectivity index (χ0) is 15.2. The molecule has 0 aliphatic carbocycles. The first-order valence-corrected chi connectivity index (χ1v) is 8.14. The number of hydrogen-bond acceptors (Lipinski definition) is 7. The third-order valence-electron chi connectivity index (χ3n) is 2.76. The van der Waals surface area contributed by atoms with Gasteiger partial charge in [-0.2, -0.15) is 0 Å². The average Bonchev–Trinajstić information content (AvgIpc) is 3.08. The standard InChI is InChI=1S/C13H18N4O2S2/c1-8(9-4-3-7-20-9)16-12(18)10-11(14)17-13(21-10)15-5-6-19-2/h3-4,7-8H,5-6,14H2,1-2H3,(H,15,17)(H,16,18). The van der Waals surface area contributed by atoms with Gasteiger partial charge in [0.05, 0.1) is 12.6 Å². The number of amides is 1. The summed E-state index contributed by atoms with van der Waals surface area (Å²) in [6.07, 6.45) is 0. The monoisotopic (exact) mass is 326 g/mol. The summed E-state index contributed by atoms with van der Waals surface area (Å²) < 4.78 is 4.95. The van der Waals surface area contributed by atoms with E-state index in [0.717, 1.165) is 4.88 Å². The van der Waals surface area contributed by atoms with Crippen molar-refractivity contribution in [3.63, 3.8) is 0 Å². The molecule has 0 fully saturated rings. The minimum Gasteiger partial charge on any atom is -0.383 e. The molecular weight excluding hydrogens is 308 g/mol. The summed E-state index contributed by atoms with van der Waals surface area (Å²) in [6.45, 7) is 3.13. The molecule has 114 valence electrons. The van der Waals surface area contributed by atoms with Crippen LogP contribution in [0.2, 0.25) is 0 Å². The van der Waals surface area contributed by atoms with Gasteiger partial charge >= 0.3 is 0 Å². The highest BCUT2D eigenvalue weighted by atomic mass is 32.1. The van der Waals surface area contributed by atoms with Gasteiger partial charge in [0.2, 0.25) is 0 Å². The number of carbonyl (C=O) groups is 1. The molecule has 0 spiro atoms. The molecule has 2 aromatic heterocycles. The predicted molar refractivity (Wildman–Crippen MR) is 87.1 cm³/mol. The van der Waals surface area contributed by atoms with Crippen molar-refractivity contribution in [3.05, 3.63) is 27.3 Å². The van der Waals surface area contributed by atoms with Gasteiger partial charge in [0.15, 0.2) is 5.13 Å². The Bertz CT molecular complexity index is 583. The molecule has 2 heterocycles. The van der Waals surface area contributed by atoms with E-state index in [-0.39, 0.29) is 17.8 Å². The van der Waals surface area contributed by atoms with Crippen molar-refractivity contribution in [2.75, 3.05) is 31.3 Å². The molecule has 0 aromatic carbocycles. The van der Waals surface area contributed by atoms with E-state index in [2.05, 4.69) is 15.6 Å². The summed E-state index contributed by atoms with van der Waals surface area (Å²) in [6, 6.07) is 3.90. The van der Waals surface area contributed by atoms with Crippen molar-refractivity contribution in [2.24, 2.45) is 0 Å². The van der Waals surface area contributed by atoms with Crippen LogP contribution in [0.4, 0.5) is 10.9 Å². The molecule has 6 nitrogen and oxygen atoms in total. The van der Waals surface area contributed by atoms with E-state index in [1.165, 1.54) is 11.3 Å². The Morgan fingerprint density at radius 1 is 1.57 bits per heavy atom. The summed E-state index contributed by atoms with van der Waals surface area (Å²) >= 11 is 2.85. The first-order chi connectivity index (χ1) is 10.1. The molecule has 1 amide bonds. The first-order valence-electron chi connectivity index (χ1n) is 6.45. The van der Waals surface area contributed by atoms with Crippen LogP contribution < -0.4 is 16.4 Å². The summed E-state index contributed by atoms with van der Waals surface area (Å²) in [4.78, 5) is 17.9. The Hall–Kier alpha value is -1.64. The van der Waals surface area contributed by atoms with Gasteiger partial charge < -0.3 is 21.1 Å². The quantitative estimate of drug-likeness (QED) is 0.680. The van der Waals surface area contributed by atoms with Crippen molar-refractivity contribution in [2.45, 2.75) is 13.0 Å². The molecule has 0 aliphatic rings. The number of nitrogens with one attached hydrogen (secondary N) is 2. The minimum absolute atomic E-state index is 0.0519. The molecule has 2 aromatic rings. The van der Waals surface area contributed by atoms with Crippen molar-refractivity contribution >= 4 is 39.5 Å². The zero-order valence-electron chi connectivity index (χ0n) is 11.9. The highest BCUT2D eigenvalue weighted by Crippen LogP contribution is 2.26. The van der Waals surface area contributed by atoms with Crippen LogP contribution in [0.5, 0.6) is 0 Å². The Kier molecular flexibility index (Phi) is 5.54. The van der Waals surface area contributed by atoms with Crippen molar-refractivity contribution in [1.29, 1.82) is 0 Å². The summed E-state index contributed by atoms with van der Waals surface area (Å²) in [5.41, 5.74) is 5.81. The number of nitrogens with zero attached hydrogens (tertiary/aromatic N) is 1. The Balaban J connectivity index is 1.98. The fourth-order valence-electron chi connectivity index (χ4n) is 1.70. The first kappa shape index (κ1) is 15.7. The van der Waals surface area contributed by atoms with Crippen LogP contribution in [0.1, 0.15) is 27.5 Å². The van der Waals surface area contributed by atoms with E-state index in [4.69, 9.17) is 10.5 Å². The van der Waals surface area contributed by atoms with E-state index in [9.17, 15) is 4.79 Å². The van der Waals surface area contributed by atoms with Crippen LogP contribution in [-0.4, -0.2) is 31.2 Å². The van der Waals surface area contributed by atoms with E-state index in [1.54, 1.807) is 18.4 Å². The summed E-state index contributed by atoms with van der Waals surface area (Å²) in [5.74, 6) is 0.0430. The van der Waals surface area contributed by atoms with Crippen LogP contribution in [0.15, 0.2) is 17.5 Å². The number of anilines is 2. The number of carbonyl (C=O) groups excluding carboxylic acids is 1. The number of thiazole rings is 1. The fraction of sp³-hybridized carbons (Fsp3) is 0.385. The molecule has 0 aliphatic heterocycles.